The lowest BCUT2D eigenvalue weighted by atomic mass is 9.99. The van der Waals surface area contributed by atoms with Gasteiger partial charge in [-0.1, -0.05) is 6.07 Å². The molecular formula is C15H20N2O4. The van der Waals surface area contributed by atoms with Gasteiger partial charge in [-0.15, -0.1) is 0 Å². The molecule has 0 bridgehead atoms. The topological polar surface area (TPSA) is 81.1 Å². The molecule has 114 valence electrons. The molecule has 1 unspecified atom stereocenters. The third kappa shape index (κ3) is 2.66. The van der Waals surface area contributed by atoms with Gasteiger partial charge in [0.2, 0.25) is 0 Å². The first-order valence-corrected chi connectivity index (χ1v) is 7.01. The molecular weight excluding hydrogens is 272 g/mol. The lowest BCUT2D eigenvalue weighted by molar-refractivity contribution is -0.147. The molecule has 2 N–H and O–H groups in total. The summed E-state index contributed by atoms with van der Waals surface area (Å²) in [5.74, 6) is -0.915. The number of carbonyl (C=O) groups excluding carboxylic acids is 1. The molecule has 6 heteroatoms. The number of nitrogens with zero attached hydrogens (tertiary/aromatic N) is 2. The van der Waals surface area contributed by atoms with Crippen molar-refractivity contribution in [3.63, 3.8) is 0 Å². The van der Waals surface area contributed by atoms with Crippen LogP contribution in [0.5, 0.6) is 5.75 Å². The van der Waals surface area contributed by atoms with E-state index in [1.807, 2.05) is 6.92 Å². The molecule has 0 saturated carbocycles. The maximum Gasteiger partial charge on any atom is 0.329 e. The van der Waals surface area contributed by atoms with Crippen molar-refractivity contribution in [2.24, 2.45) is 0 Å². The summed E-state index contributed by atoms with van der Waals surface area (Å²) in [6.07, 6.45) is 1.12. The van der Waals surface area contributed by atoms with Crippen LogP contribution in [0.4, 0.5) is 10.5 Å². The van der Waals surface area contributed by atoms with Crippen LogP contribution in [-0.4, -0.2) is 45.7 Å². The van der Waals surface area contributed by atoms with Crippen LogP contribution in [0.2, 0.25) is 0 Å². The standard InChI is InChI=1S/C15H20N2O4/c1-3-16(11-6-4-7-12(18)10-11)14(21)17-9-5-8-15(17,2)13(19)20/h4,6-7,10,18H,3,5,8-9H2,1-2H3,(H,19,20). The van der Waals surface area contributed by atoms with Gasteiger partial charge in [0.05, 0.1) is 0 Å². The summed E-state index contributed by atoms with van der Waals surface area (Å²) in [5, 5.41) is 19.0. The summed E-state index contributed by atoms with van der Waals surface area (Å²) in [4.78, 5) is 27.1. The van der Waals surface area contributed by atoms with Crippen LogP contribution in [0.3, 0.4) is 0 Å². The number of carboxylic acids is 1. The number of rotatable bonds is 3. The molecule has 2 amide bonds. The van der Waals surface area contributed by atoms with Crippen molar-refractivity contribution >= 4 is 17.7 Å². The molecule has 1 aromatic rings. The fourth-order valence-electron chi connectivity index (χ4n) is 2.73. The normalized spacial score (nSPS) is 21.3. The van der Waals surface area contributed by atoms with Crippen molar-refractivity contribution < 1.29 is 19.8 Å². The number of anilines is 1. The Kier molecular flexibility index (Phi) is 4.06. The molecule has 1 heterocycles. The Morgan fingerprint density at radius 1 is 1.43 bits per heavy atom. The molecule has 1 aromatic carbocycles. The van der Waals surface area contributed by atoms with Crippen molar-refractivity contribution in [3.8, 4) is 5.75 Å². The number of carbonyl (C=O) groups is 2. The fourth-order valence-corrected chi connectivity index (χ4v) is 2.73. The molecule has 1 saturated heterocycles. The predicted molar refractivity (Wildman–Crippen MR) is 78.5 cm³/mol. The monoisotopic (exact) mass is 292 g/mol. The highest BCUT2D eigenvalue weighted by Gasteiger charge is 2.47. The maximum absolute atomic E-state index is 12.7. The van der Waals surface area contributed by atoms with Gasteiger partial charge < -0.3 is 15.1 Å². The van der Waals surface area contributed by atoms with Crippen LogP contribution in [0.1, 0.15) is 26.7 Å². The SMILES string of the molecule is CCN(C(=O)N1CCCC1(C)C(=O)O)c1cccc(O)c1. The first-order valence-electron chi connectivity index (χ1n) is 7.01. The van der Waals surface area contributed by atoms with E-state index in [4.69, 9.17) is 0 Å². The number of phenols is 1. The first kappa shape index (κ1) is 15.2. The Balaban J connectivity index is 2.30. The number of phenolic OH excluding ortho intramolecular Hbond substituents is 1. The second-order valence-corrected chi connectivity index (χ2v) is 5.38. The molecule has 21 heavy (non-hydrogen) atoms. The molecule has 0 aromatic heterocycles. The van der Waals surface area contributed by atoms with Gasteiger partial charge in [0, 0.05) is 24.8 Å². The Morgan fingerprint density at radius 3 is 2.71 bits per heavy atom. The highest BCUT2D eigenvalue weighted by atomic mass is 16.4. The summed E-state index contributed by atoms with van der Waals surface area (Å²) >= 11 is 0. The van der Waals surface area contributed by atoms with E-state index >= 15 is 0 Å². The van der Waals surface area contributed by atoms with Gasteiger partial charge in [-0.05, 0) is 38.8 Å². The van der Waals surface area contributed by atoms with Crippen molar-refractivity contribution in [1.29, 1.82) is 0 Å². The second-order valence-electron chi connectivity index (χ2n) is 5.38. The Morgan fingerprint density at radius 2 is 2.14 bits per heavy atom. The smallest absolute Gasteiger partial charge is 0.329 e. The molecule has 0 radical (unpaired) electrons. The summed E-state index contributed by atoms with van der Waals surface area (Å²) in [6, 6.07) is 6.05. The summed E-state index contributed by atoms with van der Waals surface area (Å²) < 4.78 is 0. The minimum Gasteiger partial charge on any atom is -0.508 e. The molecule has 1 aliphatic rings. The van der Waals surface area contributed by atoms with Crippen LogP contribution >= 0.6 is 0 Å². The zero-order chi connectivity index (χ0) is 15.6. The average Bonchev–Trinajstić information content (AvgIpc) is 2.83. The van der Waals surface area contributed by atoms with Crippen molar-refractivity contribution in [2.75, 3.05) is 18.0 Å². The fraction of sp³-hybridized carbons (Fsp3) is 0.467. The lowest BCUT2D eigenvalue weighted by Gasteiger charge is -2.35. The number of urea groups is 1. The Hall–Kier alpha value is -2.24. The zero-order valence-corrected chi connectivity index (χ0v) is 12.2. The molecule has 1 fully saturated rings. The molecule has 1 atom stereocenters. The predicted octanol–water partition coefficient (Wildman–Crippen LogP) is 2.28. The van der Waals surface area contributed by atoms with Gasteiger partial charge in [0.1, 0.15) is 11.3 Å². The van der Waals surface area contributed by atoms with Gasteiger partial charge in [-0.25, -0.2) is 9.59 Å². The molecule has 0 aliphatic carbocycles. The van der Waals surface area contributed by atoms with E-state index in [2.05, 4.69) is 0 Å². The van der Waals surface area contributed by atoms with Crippen LogP contribution < -0.4 is 4.90 Å². The van der Waals surface area contributed by atoms with Gasteiger partial charge in [-0.3, -0.25) is 4.90 Å². The van der Waals surface area contributed by atoms with E-state index in [0.29, 0.717) is 31.6 Å². The minimum absolute atomic E-state index is 0.0705. The van der Waals surface area contributed by atoms with E-state index in [1.165, 1.54) is 21.9 Å². The lowest BCUT2D eigenvalue weighted by Crippen LogP contribution is -2.55. The van der Waals surface area contributed by atoms with Gasteiger partial charge in [-0.2, -0.15) is 0 Å². The zero-order valence-electron chi connectivity index (χ0n) is 12.2. The number of carboxylic acid groups (broad SMARTS) is 1. The third-order valence-electron chi connectivity index (χ3n) is 4.02. The average molecular weight is 292 g/mol. The highest BCUT2D eigenvalue weighted by molar-refractivity contribution is 5.96. The van der Waals surface area contributed by atoms with Gasteiger partial charge in [0.15, 0.2) is 0 Å². The summed E-state index contributed by atoms with van der Waals surface area (Å²) in [5.41, 5.74) is -0.608. The van der Waals surface area contributed by atoms with Crippen molar-refractivity contribution in [3.05, 3.63) is 24.3 Å². The van der Waals surface area contributed by atoms with E-state index < -0.39 is 11.5 Å². The number of hydrogen-bond acceptors (Lipinski definition) is 3. The number of benzene rings is 1. The summed E-state index contributed by atoms with van der Waals surface area (Å²) in [6.45, 7) is 4.22. The van der Waals surface area contributed by atoms with Crippen LogP contribution in [0.25, 0.3) is 0 Å². The number of amides is 2. The first-order chi connectivity index (χ1) is 9.90. The van der Waals surface area contributed by atoms with E-state index in [0.717, 1.165) is 0 Å². The third-order valence-corrected chi connectivity index (χ3v) is 4.02. The van der Waals surface area contributed by atoms with Crippen LogP contribution in [0.15, 0.2) is 24.3 Å². The number of aromatic hydroxyl groups is 1. The van der Waals surface area contributed by atoms with E-state index in [-0.39, 0.29) is 11.8 Å². The van der Waals surface area contributed by atoms with E-state index in [9.17, 15) is 19.8 Å². The Bertz CT molecular complexity index is 560. The van der Waals surface area contributed by atoms with E-state index in [1.54, 1.807) is 19.1 Å². The van der Waals surface area contributed by atoms with Gasteiger partial charge in [0.25, 0.3) is 0 Å². The number of aliphatic carboxylic acids is 1. The maximum atomic E-state index is 12.7. The Labute approximate surface area is 123 Å². The largest absolute Gasteiger partial charge is 0.508 e. The van der Waals surface area contributed by atoms with Crippen LogP contribution in [-0.2, 0) is 4.79 Å². The van der Waals surface area contributed by atoms with Gasteiger partial charge >= 0.3 is 12.0 Å². The second kappa shape index (κ2) is 5.63. The quantitative estimate of drug-likeness (QED) is 0.895. The minimum atomic E-state index is -1.17. The molecule has 6 nitrogen and oxygen atoms in total. The molecule has 2 rings (SSSR count). The van der Waals surface area contributed by atoms with Crippen molar-refractivity contribution in [1.82, 2.24) is 4.90 Å². The molecule has 0 spiro atoms. The molecule has 1 aliphatic heterocycles. The highest BCUT2D eigenvalue weighted by Crippen LogP contribution is 2.32. The number of hydrogen-bond donors (Lipinski definition) is 2. The number of likely N-dealkylation sites (tertiary alicyclic amines) is 1. The van der Waals surface area contributed by atoms with Crippen LogP contribution in [0, 0.1) is 0 Å². The summed E-state index contributed by atoms with van der Waals surface area (Å²) in [7, 11) is 0. The van der Waals surface area contributed by atoms with Crippen molar-refractivity contribution in [2.45, 2.75) is 32.2 Å².